The van der Waals surface area contributed by atoms with Crippen LogP contribution in [0.4, 0.5) is 4.39 Å². The fourth-order valence-electron chi connectivity index (χ4n) is 1.98. The first-order valence-electron chi connectivity index (χ1n) is 7.08. The molecular formula is C16H16FNO5. The number of rotatable bonds is 5. The maximum absolute atomic E-state index is 14.2. The van der Waals surface area contributed by atoms with Crippen molar-refractivity contribution in [3.63, 3.8) is 0 Å². The van der Waals surface area contributed by atoms with Crippen LogP contribution in [0.5, 0.6) is 5.75 Å². The predicted molar refractivity (Wildman–Crippen MR) is 79.9 cm³/mol. The molecule has 1 heterocycles. The Morgan fingerprint density at radius 3 is 2.65 bits per heavy atom. The molecule has 0 spiro atoms. The summed E-state index contributed by atoms with van der Waals surface area (Å²) in [6.45, 7) is 5.10. The van der Waals surface area contributed by atoms with Crippen molar-refractivity contribution in [1.29, 1.82) is 0 Å². The Bertz CT molecular complexity index is 769. The molecule has 122 valence electrons. The summed E-state index contributed by atoms with van der Waals surface area (Å²) in [5, 5.41) is 3.48. The van der Waals surface area contributed by atoms with Gasteiger partial charge in [0.25, 0.3) is 0 Å². The third-order valence-electron chi connectivity index (χ3n) is 2.84. The van der Waals surface area contributed by atoms with Gasteiger partial charge in [-0.05, 0) is 26.8 Å². The van der Waals surface area contributed by atoms with Crippen LogP contribution in [0.1, 0.15) is 31.3 Å². The Balaban J connectivity index is 2.73. The maximum atomic E-state index is 14.2. The lowest BCUT2D eigenvalue weighted by Crippen LogP contribution is -2.19. The van der Waals surface area contributed by atoms with Gasteiger partial charge in [-0.2, -0.15) is 0 Å². The number of ether oxygens (including phenoxy) is 2. The van der Waals surface area contributed by atoms with E-state index in [0.717, 1.165) is 0 Å². The molecule has 0 saturated heterocycles. The standard InChI is InChI=1S/C16H16FNO5/c1-4-21-14-12(10-7-5-6-8-11(10)17)13(18-23-16(14)20)15(19)22-9(2)3/h5-9H,4H2,1-3H3. The first-order chi connectivity index (χ1) is 11.0. The van der Waals surface area contributed by atoms with E-state index in [1.54, 1.807) is 26.8 Å². The molecule has 0 atom stereocenters. The summed E-state index contributed by atoms with van der Waals surface area (Å²) < 4.78 is 29.1. The minimum absolute atomic E-state index is 0.00653. The lowest BCUT2D eigenvalue weighted by atomic mass is 10.0. The Morgan fingerprint density at radius 1 is 1.35 bits per heavy atom. The van der Waals surface area contributed by atoms with Crippen molar-refractivity contribution in [2.24, 2.45) is 0 Å². The van der Waals surface area contributed by atoms with Crippen LogP contribution in [0, 0.1) is 5.82 Å². The van der Waals surface area contributed by atoms with E-state index in [9.17, 15) is 14.0 Å². The molecule has 0 unspecified atom stereocenters. The fourth-order valence-corrected chi connectivity index (χ4v) is 1.98. The Hall–Kier alpha value is -2.70. The quantitative estimate of drug-likeness (QED) is 0.788. The van der Waals surface area contributed by atoms with E-state index in [1.807, 2.05) is 0 Å². The van der Waals surface area contributed by atoms with Gasteiger partial charge in [0.05, 0.1) is 18.3 Å². The van der Waals surface area contributed by atoms with Gasteiger partial charge in [-0.25, -0.2) is 14.0 Å². The largest absolute Gasteiger partial charge is 0.486 e. The molecule has 1 aromatic carbocycles. The van der Waals surface area contributed by atoms with Crippen molar-refractivity contribution < 1.29 is 23.2 Å². The normalized spacial score (nSPS) is 10.7. The monoisotopic (exact) mass is 321 g/mol. The molecular weight excluding hydrogens is 305 g/mol. The van der Waals surface area contributed by atoms with Crippen LogP contribution in [0.25, 0.3) is 11.1 Å². The second-order valence-corrected chi connectivity index (χ2v) is 4.89. The van der Waals surface area contributed by atoms with Gasteiger partial charge in [0, 0.05) is 5.56 Å². The third kappa shape index (κ3) is 3.56. The Morgan fingerprint density at radius 2 is 2.04 bits per heavy atom. The molecule has 7 heteroatoms. The van der Waals surface area contributed by atoms with Crippen LogP contribution in [0.3, 0.4) is 0 Å². The van der Waals surface area contributed by atoms with E-state index >= 15 is 0 Å². The van der Waals surface area contributed by atoms with Gasteiger partial charge in [0.2, 0.25) is 5.75 Å². The lowest BCUT2D eigenvalue weighted by Gasteiger charge is -2.13. The van der Waals surface area contributed by atoms with Gasteiger partial charge < -0.3 is 14.0 Å². The molecule has 23 heavy (non-hydrogen) atoms. The molecule has 0 bridgehead atoms. The van der Waals surface area contributed by atoms with E-state index in [-0.39, 0.29) is 29.2 Å². The van der Waals surface area contributed by atoms with E-state index in [1.165, 1.54) is 18.2 Å². The molecule has 1 aromatic heterocycles. The van der Waals surface area contributed by atoms with E-state index in [2.05, 4.69) is 9.68 Å². The van der Waals surface area contributed by atoms with Crippen molar-refractivity contribution in [1.82, 2.24) is 5.16 Å². The summed E-state index contributed by atoms with van der Waals surface area (Å²) >= 11 is 0. The number of aromatic nitrogens is 1. The highest BCUT2D eigenvalue weighted by atomic mass is 19.1. The SMILES string of the molecule is CCOc1c(-c2ccccc2F)c(C(=O)OC(C)C)noc1=O. The number of hydrogen-bond acceptors (Lipinski definition) is 6. The zero-order valence-corrected chi connectivity index (χ0v) is 13.0. The molecule has 0 radical (unpaired) electrons. The van der Waals surface area contributed by atoms with E-state index in [0.29, 0.717) is 0 Å². The molecule has 0 N–H and O–H groups in total. The highest BCUT2D eigenvalue weighted by Crippen LogP contribution is 2.32. The fraction of sp³-hybridized carbons (Fsp3) is 0.312. The molecule has 6 nitrogen and oxygen atoms in total. The van der Waals surface area contributed by atoms with Crippen LogP contribution >= 0.6 is 0 Å². The zero-order chi connectivity index (χ0) is 17.0. The summed E-state index contributed by atoms with van der Waals surface area (Å²) in [4.78, 5) is 24.1. The second-order valence-electron chi connectivity index (χ2n) is 4.89. The van der Waals surface area contributed by atoms with Gasteiger partial charge >= 0.3 is 11.6 Å². The number of carbonyl (C=O) groups excluding carboxylic acids is 1. The lowest BCUT2D eigenvalue weighted by molar-refractivity contribution is 0.0360. The van der Waals surface area contributed by atoms with Gasteiger partial charge in [-0.15, -0.1) is 0 Å². The number of hydrogen-bond donors (Lipinski definition) is 0. The number of nitrogens with zero attached hydrogens (tertiary/aromatic N) is 1. The molecule has 0 fully saturated rings. The van der Waals surface area contributed by atoms with Crippen LogP contribution in [-0.4, -0.2) is 23.8 Å². The highest BCUT2D eigenvalue weighted by molar-refractivity contribution is 5.96. The number of carbonyl (C=O) groups is 1. The van der Waals surface area contributed by atoms with Crippen LogP contribution in [0.2, 0.25) is 0 Å². The molecule has 0 amide bonds. The molecule has 2 aromatic rings. The predicted octanol–water partition coefficient (Wildman–Crippen LogP) is 2.80. The third-order valence-corrected chi connectivity index (χ3v) is 2.84. The van der Waals surface area contributed by atoms with E-state index in [4.69, 9.17) is 9.47 Å². The van der Waals surface area contributed by atoms with Crippen LogP contribution in [-0.2, 0) is 4.74 Å². The van der Waals surface area contributed by atoms with Crippen molar-refractivity contribution >= 4 is 5.97 Å². The topological polar surface area (TPSA) is 78.6 Å². The van der Waals surface area contributed by atoms with Gasteiger partial charge in [-0.3, -0.25) is 0 Å². The summed E-state index contributed by atoms with van der Waals surface area (Å²) in [5.41, 5.74) is -1.28. The molecule has 2 rings (SSSR count). The summed E-state index contributed by atoms with van der Waals surface area (Å²) in [6, 6.07) is 5.68. The molecule has 0 aliphatic carbocycles. The Kier molecular flexibility index (Phi) is 5.10. The Labute approximate surface area is 131 Å². The first kappa shape index (κ1) is 16.7. The smallest absolute Gasteiger partial charge is 0.400 e. The average molecular weight is 321 g/mol. The molecule has 0 saturated carbocycles. The zero-order valence-electron chi connectivity index (χ0n) is 13.0. The average Bonchev–Trinajstić information content (AvgIpc) is 2.49. The second kappa shape index (κ2) is 7.04. The highest BCUT2D eigenvalue weighted by Gasteiger charge is 2.27. The number of esters is 1. The van der Waals surface area contributed by atoms with Gasteiger partial charge in [-0.1, -0.05) is 23.4 Å². The van der Waals surface area contributed by atoms with Gasteiger partial charge in [0.1, 0.15) is 5.82 Å². The van der Waals surface area contributed by atoms with Crippen LogP contribution in [0.15, 0.2) is 33.6 Å². The summed E-state index contributed by atoms with van der Waals surface area (Å²) in [7, 11) is 0. The molecule has 0 aliphatic heterocycles. The first-order valence-corrected chi connectivity index (χ1v) is 7.08. The van der Waals surface area contributed by atoms with Crippen molar-refractivity contribution in [3.8, 4) is 16.9 Å². The minimum Gasteiger partial charge on any atom is -0.486 e. The van der Waals surface area contributed by atoms with Crippen molar-refractivity contribution in [3.05, 3.63) is 46.2 Å². The minimum atomic E-state index is -0.897. The van der Waals surface area contributed by atoms with Gasteiger partial charge in [0.15, 0.2) is 5.69 Å². The molecule has 0 aliphatic rings. The van der Waals surface area contributed by atoms with Crippen LogP contribution < -0.4 is 10.4 Å². The summed E-state index contributed by atoms with van der Waals surface area (Å²) in [5.74, 6) is -1.73. The number of benzene rings is 1. The van der Waals surface area contributed by atoms with Crippen molar-refractivity contribution in [2.45, 2.75) is 26.9 Å². The maximum Gasteiger partial charge on any atom is 0.400 e. The van der Waals surface area contributed by atoms with E-state index < -0.39 is 23.5 Å². The van der Waals surface area contributed by atoms with Crippen molar-refractivity contribution in [2.75, 3.05) is 6.61 Å². The summed E-state index contributed by atoms with van der Waals surface area (Å²) in [6.07, 6.45) is -0.416. The number of halogens is 1.